The highest BCUT2D eigenvalue weighted by atomic mass is 16.5. The van der Waals surface area contributed by atoms with Crippen molar-refractivity contribution in [2.45, 2.75) is 40.2 Å². The Hall–Kier alpha value is -2.89. The number of carbonyl (C=O) groups is 1. The van der Waals surface area contributed by atoms with Crippen LogP contribution >= 0.6 is 0 Å². The summed E-state index contributed by atoms with van der Waals surface area (Å²) in [6.45, 7) is 8.20. The van der Waals surface area contributed by atoms with Gasteiger partial charge in [0.25, 0.3) is 5.56 Å². The molecule has 0 amide bonds. The van der Waals surface area contributed by atoms with Gasteiger partial charge in [0.15, 0.2) is 0 Å². The van der Waals surface area contributed by atoms with E-state index in [-0.39, 0.29) is 28.8 Å². The fraction of sp³-hybridized carbons (Fsp3) is 0.350. The number of ether oxygens (including phenoxy) is 1. The van der Waals surface area contributed by atoms with Gasteiger partial charge in [-0.3, -0.25) is 9.36 Å². The minimum Gasteiger partial charge on any atom is -0.462 e. The molecule has 0 saturated carbocycles. The summed E-state index contributed by atoms with van der Waals surface area (Å²) in [6, 6.07) is 8.11. The van der Waals surface area contributed by atoms with Crippen molar-refractivity contribution in [3.8, 4) is 0 Å². The molecule has 0 aliphatic rings. The lowest BCUT2D eigenvalue weighted by atomic mass is 10.0. The lowest BCUT2D eigenvalue weighted by molar-refractivity contribution is 0.0526. The topological polar surface area (TPSA) is 74.3 Å². The van der Waals surface area contributed by atoms with Gasteiger partial charge in [0.1, 0.15) is 23.0 Å². The van der Waals surface area contributed by atoms with Crippen LogP contribution in [0, 0.1) is 6.92 Å². The average molecular weight is 354 g/mol. The Labute approximate surface area is 151 Å². The molecule has 0 N–H and O–H groups in total. The van der Waals surface area contributed by atoms with E-state index < -0.39 is 5.97 Å². The van der Waals surface area contributed by atoms with Crippen molar-refractivity contribution in [2.75, 3.05) is 6.61 Å². The Morgan fingerprint density at radius 2 is 1.96 bits per heavy atom. The van der Waals surface area contributed by atoms with E-state index in [2.05, 4.69) is 31.0 Å². The van der Waals surface area contributed by atoms with Crippen molar-refractivity contribution in [1.82, 2.24) is 9.55 Å². The van der Waals surface area contributed by atoms with Gasteiger partial charge in [-0.2, -0.15) is 0 Å². The van der Waals surface area contributed by atoms with Crippen LogP contribution in [0.2, 0.25) is 0 Å². The first-order valence-electron chi connectivity index (χ1n) is 8.66. The maximum Gasteiger partial charge on any atom is 0.342 e. The normalized spacial score (nSPS) is 11.3. The molecule has 136 valence electrons. The van der Waals surface area contributed by atoms with E-state index in [1.54, 1.807) is 13.8 Å². The Morgan fingerprint density at radius 1 is 1.27 bits per heavy atom. The lowest BCUT2D eigenvalue weighted by Gasteiger charge is -2.08. The molecule has 0 aliphatic heterocycles. The molecule has 6 nitrogen and oxygen atoms in total. The third-order valence-electron chi connectivity index (χ3n) is 4.33. The molecular formula is C20H22N2O4. The number of fused-ring (bicyclic) bond motifs is 1. The number of hydrogen-bond acceptors (Lipinski definition) is 5. The third kappa shape index (κ3) is 3.27. The zero-order valence-corrected chi connectivity index (χ0v) is 15.4. The average Bonchev–Trinajstić information content (AvgIpc) is 2.95. The summed E-state index contributed by atoms with van der Waals surface area (Å²) in [4.78, 5) is 29.3. The van der Waals surface area contributed by atoms with Gasteiger partial charge in [-0.1, -0.05) is 38.1 Å². The second kappa shape index (κ2) is 7.15. The molecule has 26 heavy (non-hydrogen) atoms. The number of carbonyl (C=O) groups excluding carboxylic acids is 1. The van der Waals surface area contributed by atoms with Crippen LogP contribution in [0.25, 0.3) is 11.1 Å². The van der Waals surface area contributed by atoms with Gasteiger partial charge in [0.2, 0.25) is 5.71 Å². The van der Waals surface area contributed by atoms with Crippen molar-refractivity contribution >= 4 is 17.1 Å². The van der Waals surface area contributed by atoms with Crippen LogP contribution in [-0.2, 0) is 11.3 Å². The van der Waals surface area contributed by atoms with Gasteiger partial charge in [0, 0.05) is 0 Å². The molecular weight excluding hydrogens is 332 g/mol. The van der Waals surface area contributed by atoms with E-state index in [9.17, 15) is 9.59 Å². The number of aromatic nitrogens is 2. The summed E-state index contributed by atoms with van der Waals surface area (Å²) < 4.78 is 12.0. The van der Waals surface area contributed by atoms with Crippen LogP contribution in [0.4, 0.5) is 0 Å². The van der Waals surface area contributed by atoms with Gasteiger partial charge in [-0.25, -0.2) is 9.78 Å². The number of aryl methyl sites for hydroxylation is 1. The molecule has 6 heteroatoms. The molecule has 0 bridgehead atoms. The van der Waals surface area contributed by atoms with Crippen LogP contribution in [0.15, 0.2) is 39.8 Å². The van der Waals surface area contributed by atoms with Crippen LogP contribution in [0.3, 0.4) is 0 Å². The number of furan rings is 1. The quantitative estimate of drug-likeness (QED) is 0.654. The Bertz CT molecular complexity index is 997. The fourth-order valence-electron chi connectivity index (χ4n) is 2.90. The summed E-state index contributed by atoms with van der Waals surface area (Å²) in [7, 11) is 0. The largest absolute Gasteiger partial charge is 0.462 e. The van der Waals surface area contributed by atoms with Crippen LogP contribution in [0.5, 0.6) is 0 Å². The number of esters is 1. The van der Waals surface area contributed by atoms with Crippen LogP contribution in [0.1, 0.15) is 53.9 Å². The number of rotatable bonds is 5. The van der Waals surface area contributed by atoms with Gasteiger partial charge in [0.05, 0.1) is 13.2 Å². The molecule has 0 fully saturated rings. The van der Waals surface area contributed by atoms with Crippen molar-refractivity contribution in [1.29, 1.82) is 0 Å². The fourth-order valence-corrected chi connectivity index (χ4v) is 2.90. The first kappa shape index (κ1) is 17.9. The summed E-state index contributed by atoms with van der Waals surface area (Å²) >= 11 is 0. The zero-order chi connectivity index (χ0) is 18.8. The first-order chi connectivity index (χ1) is 12.4. The predicted molar refractivity (Wildman–Crippen MR) is 98.6 cm³/mol. The number of hydrogen-bond donors (Lipinski definition) is 0. The number of benzene rings is 1. The first-order valence-corrected chi connectivity index (χ1v) is 8.66. The minimum absolute atomic E-state index is 0.155. The zero-order valence-electron chi connectivity index (χ0n) is 15.4. The van der Waals surface area contributed by atoms with E-state index in [0.717, 1.165) is 5.56 Å². The van der Waals surface area contributed by atoms with E-state index in [1.165, 1.54) is 16.5 Å². The third-order valence-corrected chi connectivity index (χ3v) is 4.33. The molecule has 0 saturated heterocycles. The highest BCUT2D eigenvalue weighted by Gasteiger charge is 2.23. The molecule has 0 unspecified atom stereocenters. The lowest BCUT2D eigenvalue weighted by Crippen LogP contribution is -2.22. The molecule has 1 aromatic carbocycles. The Kier molecular flexibility index (Phi) is 4.93. The van der Waals surface area contributed by atoms with E-state index in [4.69, 9.17) is 9.15 Å². The van der Waals surface area contributed by atoms with Crippen molar-refractivity contribution in [2.24, 2.45) is 0 Å². The summed E-state index contributed by atoms with van der Waals surface area (Å²) in [6.07, 6.45) is 1.44. The van der Waals surface area contributed by atoms with Gasteiger partial charge in [-0.15, -0.1) is 0 Å². The Balaban J connectivity index is 2.02. The molecule has 0 aliphatic carbocycles. The minimum atomic E-state index is -0.568. The van der Waals surface area contributed by atoms with Gasteiger partial charge >= 0.3 is 5.97 Å². The van der Waals surface area contributed by atoms with Gasteiger partial charge in [-0.05, 0) is 30.9 Å². The monoisotopic (exact) mass is 354 g/mol. The van der Waals surface area contributed by atoms with Crippen LogP contribution in [-0.4, -0.2) is 22.1 Å². The summed E-state index contributed by atoms with van der Waals surface area (Å²) in [5, 5.41) is 0.169. The SMILES string of the molecule is CCOC(=O)c1c(C)oc2ncn(Cc3ccc(C(C)C)cc3)c(=O)c12. The van der Waals surface area contributed by atoms with Crippen molar-refractivity contribution in [3.05, 3.63) is 63.4 Å². The second-order valence-corrected chi connectivity index (χ2v) is 6.51. The molecule has 0 spiro atoms. The predicted octanol–water partition coefficient (Wildman–Crippen LogP) is 3.65. The maximum atomic E-state index is 12.9. The maximum absolute atomic E-state index is 12.9. The highest BCUT2D eigenvalue weighted by Crippen LogP contribution is 2.22. The Morgan fingerprint density at radius 3 is 2.58 bits per heavy atom. The highest BCUT2D eigenvalue weighted by molar-refractivity contribution is 6.03. The molecule has 0 atom stereocenters. The smallest absolute Gasteiger partial charge is 0.342 e. The van der Waals surface area contributed by atoms with Crippen molar-refractivity contribution in [3.63, 3.8) is 0 Å². The molecule has 3 aromatic rings. The summed E-state index contributed by atoms with van der Waals surface area (Å²) in [5.41, 5.74) is 2.22. The molecule has 2 heterocycles. The van der Waals surface area contributed by atoms with E-state index in [1.807, 2.05) is 12.1 Å². The van der Waals surface area contributed by atoms with Gasteiger partial charge < -0.3 is 9.15 Å². The number of nitrogens with zero attached hydrogens (tertiary/aromatic N) is 2. The summed E-state index contributed by atoms with van der Waals surface area (Å²) in [5.74, 6) is 0.217. The molecule has 3 rings (SSSR count). The second-order valence-electron chi connectivity index (χ2n) is 6.51. The van der Waals surface area contributed by atoms with Crippen LogP contribution < -0.4 is 5.56 Å². The standard InChI is InChI=1S/C20H22N2O4/c1-5-25-20(24)16-13(4)26-18-17(16)19(23)22(11-21-18)10-14-6-8-15(9-7-14)12(2)3/h6-9,11-12H,5,10H2,1-4H3. The molecule has 0 radical (unpaired) electrons. The molecule has 2 aromatic heterocycles. The van der Waals surface area contributed by atoms with Crippen molar-refractivity contribution < 1.29 is 13.9 Å². The van der Waals surface area contributed by atoms with E-state index >= 15 is 0 Å². The van der Waals surface area contributed by atoms with E-state index in [0.29, 0.717) is 18.2 Å².